The fourth-order valence-electron chi connectivity index (χ4n) is 4.11. The Morgan fingerprint density at radius 2 is 1.91 bits per heavy atom. The van der Waals surface area contributed by atoms with Crippen molar-refractivity contribution in [2.45, 2.75) is 32.6 Å². The van der Waals surface area contributed by atoms with E-state index in [2.05, 4.69) is 31.1 Å². The highest BCUT2D eigenvalue weighted by Crippen LogP contribution is 2.31. The van der Waals surface area contributed by atoms with Crippen LogP contribution in [0.15, 0.2) is 53.3 Å². The molecule has 7 nitrogen and oxygen atoms in total. The smallest absolute Gasteiger partial charge is 0.248 e. The van der Waals surface area contributed by atoms with Gasteiger partial charge in [0.2, 0.25) is 17.4 Å². The maximum atomic E-state index is 12.9. The number of rotatable bonds is 4. The van der Waals surface area contributed by atoms with Crippen LogP contribution in [-0.2, 0) is 15.0 Å². The van der Waals surface area contributed by atoms with Crippen molar-refractivity contribution in [3.63, 3.8) is 0 Å². The van der Waals surface area contributed by atoms with Gasteiger partial charge in [-0.05, 0) is 35.2 Å². The molecule has 0 radical (unpaired) electrons. The van der Waals surface area contributed by atoms with Gasteiger partial charge in [0.1, 0.15) is 5.75 Å². The molecule has 2 N–H and O–H groups in total. The summed E-state index contributed by atoms with van der Waals surface area (Å²) in [5, 5.41) is 3.84. The van der Waals surface area contributed by atoms with Crippen LogP contribution in [0, 0.1) is 5.92 Å². The number of nitrogens with zero attached hydrogens (tertiary/aromatic N) is 1. The number of carbonyl (C=O) groups excluding carboxylic acids is 2. The Balaban J connectivity index is 1.54. The average molecular weight is 434 g/mol. The third-order valence-electron chi connectivity index (χ3n) is 5.78. The number of pyridine rings is 1. The van der Waals surface area contributed by atoms with Crippen molar-refractivity contribution in [3.05, 3.63) is 64.4 Å². The number of aromatic amines is 1. The number of hydrogen-bond acceptors (Lipinski definition) is 4. The van der Waals surface area contributed by atoms with Gasteiger partial charge in [0.05, 0.1) is 18.5 Å². The predicted octanol–water partition coefficient (Wildman–Crippen LogP) is 3.83. The fraction of sp³-hybridized carbons (Fsp3) is 0.320. The van der Waals surface area contributed by atoms with Crippen LogP contribution in [0.3, 0.4) is 0 Å². The van der Waals surface area contributed by atoms with Gasteiger partial charge in [-0.1, -0.05) is 32.9 Å². The molecule has 0 bridgehead atoms. The lowest BCUT2D eigenvalue weighted by atomic mass is 9.85. The molecular formula is C25H27N3O4. The van der Waals surface area contributed by atoms with Gasteiger partial charge in [0, 0.05) is 41.9 Å². The summed E-state index contributed by atoms with van der Waals surface area (Å²) in [6.45, 7) is 6.47. The molecule has 7 heteroatoms. The Kier molecular flexibility index (Phi) is 5.50. The van der Waals surface area contributed by atoms with Gasteiger partial charge in [0.25, 0.3) is 0 Å². The molecule has 1 aromatic heterocycles. The minimum Gasteiger partial charge on any atom is -0.497 e. The fourth-order valence-corrected chi connectivity index (χ4v) is 4.11. The SMILES string of the molecule is COc1cccc(N2CC(C(=O)Nc3ccc4c(C(C)(C)C)cc(=O)[nH]c4c3)CC2=O)c1. The van der Waals surface area contributed by atoms with Crippen LogP contribution in [0.25, 0.3) is 10.9 Å². The largest absolute Gasteiger partial charge is 0.497 e. The van der Waals surface area contributed by atoms with Gasteiger partial charge in [-0.25, -0.2) is 0 Å². The zero-order valence-corrected chi connectivity index (χ0v) is 18.7. The number of nitrogens with one attached hydrogen (secondary N) is 2. The Morgan fingerprint density at radius 1 is 1.12 bits per heavy atom. The first-order valence-corrected chi connectivity index (χ1v) is 10.6. The first kappa shape index (κ1) is 21.6. The Hall–Kier alpha value is -3.61. The van der Waals surface area contributed by atoms with E-state index in [4.69, 9.17) is 4.74 Å². The second kappa shape index (κ2) is 8.15. The molecular weight excluding hydrogens is 406 g/mol. The topological polar surface area (TPSA) is 91.5 Å². The van der Waals surface area contributed by atoms with Crippen LogP contribution in [0.2, 0.25) is 0 Å². The third kappa shape index (κ3) is 4.23. The second-order valence-corrected chi connectivity index (χ2v) is 9.15. The van der Waals surface area contributed by atoms with Crippen molar-refractivity contribution >= 4 is 34.1 Å². The highest BCUT2D eigenvalue weighted by Gasteiger charge is 2.35. The summed E-state index contributed by atoms with van der Waals surface area (Å²) in [5.74, 6) is -0.138. The molecule has 1 aliphatic heterocycles. The summed E-state index contributed by atoms with van der Waals surface area (Å²) in [6.07, 6.45) is 0.141. The predicted molar refractivity (Wildman–Crippen MR) is 125 cm³/mol. The first-order chi connectivity index (χ1) is 15.2. The maximum absolute atomic E-state index is 12.9. The summed E-state index contributed by atoms with van der Waals surface area (Å²) in [5.41, 5.74) is 2.54. The standard InChI is InChI=1S/C25H27N3O4/c1-25(2,3)20-13-22(29)27-21-11-16(8-9-19(20)21)26-24(31)15-10-23(30)28(14-15)17-6-5-7-18(12-17)32-4/h5-9,11-13,15H,10,14H2,1-4H3,(H,26,31)(H,27,29). The molecule has 2 amide bonds. The van der Waals surface area contributed by atoms with Crippen LogP contribution in [-0.4, -0.2) is 30.5 Å². The quantitative estimate of drug-likeness (QED) is 0.654. The average Bonchev–Trinajstić information content (AvgIpc) is 3.14. The molecule has 1 fully saturated rings. The lowest BCUT2D eigenvalue weighted by Gasteiger charge is -2.21. The molecule has 2 aromatic carbocycles. The van der Waals surface area contributed by atoms with E-state index < -0.39 is 5.92 Å². The van der Waals surface area contributed by atoms with E-state index in [0.29, 0.717) is 29.2 Å². The highest BCUT2D eigenvalue weighted by molar-refractivity contribution is 6.04. The van der Waals surface area contributed by atoms with Crippen molar-refractivity contribution < 1.29 is 14.3 Å². The van der Waals surface area contributed by atoms with Gasteiger partial charge in [-0.2, -0.15) is 0 Å². The van der Waals surface area contributed by atoms with Crippen LogP contribution >= 0.6 is 0 Å². The summed E-state index contributed by atoms with van der Waals surface area (Å²) in [7, 11) is 1.57. The van der Waals surface area contributed by atoms with Crippen molar-refractivity contribution in [3.8, 4) is 5.75 Å². The molecule has 0 saturated carbocycles. The minimum atomic E-state index is -0.468. The summed E-state index contributed by atoms with van der Waals surface area (Å²) in [6, 6.07) is 14.4. The number of ether oxygens (including phenoxy) is 1. The van der Waals surface area contributed by atoms with E-state index in [1.54, 1.807) is 30.2 Å². The zero-order valence-electron chi connectivity index (χ0n) is 18.7. The minimum absolute atomic E-state index is 0.101. The number of carbonyl (C=O) groups is 2. The van der Waals surface area contributed by atoms with E-state index in [9.17, 15) is 14.4 Å². The van der Waals surface area contributed by atoms with E-state index >= 15 is 0 Å². The molecule has 4 rings (SSSR count). The number of aromatic nitrogens is 1. The van der Waals surface area contributed by atoms with Gasteiger partial charge in [-0.3, -0.25) is 14.4 Å². The summed E-state index contributed by atoms with van der Waals surface area (Å²) in [4.78, 5) is 42.1. The molecule has 166 valence electrons. The molecule has 1 unspecified atom stereocenters. The molecule has 0 spiro atoms. The number of H-pyrrole nitrogens is 1. The van der Waals surface area contributed by atoms with E-state index in [0.717, 1.165) is 10.9 Å². The van der Waals surface area contributed by atoms with E-state index in [-0.39, 0.29) is 29.2 Å². The number of methoxy groups -OCH3 is 1. The lowest BCUT2D eigenvalue weighted by Crippen LogP contribution is -2.28. The molecule has 1 aliphatic rings. The van der Waals surface area contributed by atoms with Crippen molar-refractivity contribution in [2.24, 2.45) is 5.92 Å². The number of fused-ring (bicyclic) bond motifs is 1. The molecule has 1 saturated heterocycles. The van der Waals surface area contributed by atoms with Crippen LogP contribution in [0.4, 0.5) is 11.4 Å². The summed E-state index contributed by atoms with van der Waals surface area (Å²) < 4.78 is 5.23. The molecule has 1 atom stereocenters. The number of anilines is 2. The monoisotopic (exact) mass is 433 g/mol. The Bertz CT molecular complexity index is 1260. The van der Waals surface area contributed by atoms with E-state index in [1.165, 1.54) is 0 Å². The van der Waals surface area contributed by atoms with Gasteiger partial charge < -0.3 is 19.9 Å². The Morgan fingerprint density at radius 3 is 2.62 bits per heavy atom. The van der Waals surface area contributed by atoms with Crippen molar-refractivity contribution in [1.29, 1.82) is 0 Å². The Labute approximate surface area is 186 Å². The third-order valence-corrected chi connectivity index (χ3v) is 5.78. The second-order valence-electron chi connectivity index (χ2n) is 9.15. The van der Waals surface area contributed by atoms with E-state index in [1.807, 2.05) is 30.3 Å². The van der Waals surface area contributed by atoms with Crippen LogP contribution in [0.5, 0.6) is 5.75 Å². The zero-order chi connectivity index (χ0) is 23.0. The molecule has 2 heterocycles. The normalized spacial score (nSPS) is 16.4. The molecule has 3 aromatic rings. The summed E-state index contributed by atoms with van der Waals surface area (Å²) >= 11 is 0. The van der Waals surface area contributed by atoms with Gasteiger partial charge >= 0.3 is 0 Å². The number of hydrogen-bond donors (Lipinski definition) is 2. The lowest BCUT2D eigenvalue weighted by molar-refractivity contribution is -0.122. The van der Waals surface area contributed by atoms with Crippen molar-refractivity contribution in [2.75, 3.05) is 23.9 Å². The molecule has 32 heavy (non-hydrogen) atoms. The maximum Gasteiger partial charge on any atom is 0.248 e. The number of amides is 2. The highest BCUT2D eigenvalue weighted by atomic mass is 16.5. The van der Waals surface area contributed by atoms with Crippen molar-refractivity contribution in [1.82, 2.24) is 4.98 Å². The molecule has 0 aliphatic carbocycles. The van der Waals surface area contributed by atoms with Crippen LogP contribution in [0.1, 0.15) is 32.8 Å². The first-order valence-electron chi connectivity index (χ1n) is 10.6. The van der Waals surface area contributed by atoms with Gasteiger partial charge in [-0.15, -0.1) is 0 Å². The van der Waals surface area contributed by atoms with Gasteiger partial charge in [0.15, 0.2) is 0 Å². The number of benzene rings is 2. The van der Waals surface area contributed by atoms with Crippen LogP contribution < -0.4 is 20.5 Å².